The molecule has 2 saturated heterocycles. The van der Waals surface area contributed by atoms with Gasteiger partial charge in [0, 0.05) is 19.1 Å². The van der Waals surface area contributed by atoms with Gasteiger partial charge in [-0.2, -0.15) is 0 Å². The van der Waals surface area contributed by atoms with Crippen molar-refractivity contribution >= 4 is 13.1 Å². The molecular weight excluding hydrogens is 259 g/mol. The number of rotatable bonds is 6. The molecule has 0 radical (unpaired) electrons. The molecule has 4 N–H and O–H groups in total. The molecule has 2 rings (SSSR count). The zero-order chi connectivity index (χ0) is 14.5. The van der Waals surface area contributed by atoms with Gasteiger partial charge in [0.25, 0.3) is 0 Å². The summed E-state index contributed by atoms with van der Waals surface area (Å²) in [4.78, 5) is 13.7. The molecule has 1 unspecified atom stereocenters. The third kappa shape index (κ3) is 4.18. The van der Waals surface area contributed by atoms with E-state index in [-0.39, 0.29) is 11.8 Å². The van der Waals surface area contributed by atoms with Gasteiger partial charge in [0.2, 0.25) is 0 Å². The SMILES string of the molecule is O=C(O)[C@@H]1CN(C2CCNCC2)CC1CCCB(O)O. The van der Waals surface area contributed by atoms with Gasteiger partial charge in [0.1, 0.15) is 0 Å². The lowest BCUT2D eigenvalue weighted by atomic mass is 9.80. The van der Waals surface area contributed by atoms with Crippen molar-refractivity contribution in [2.24, 2.45) is 11.8 Å². The van der Waals surface area contributed by atoms with E-state index in [2.05, 4.69) is 10.2 Å². The van der Waals surface area contributed by atoms with Crippen LogP contribution in [-0.4, -0.2) is 65.4 Å². The summed E-state index contributed by atoms with van der Waals surface area (Å²) < 4.78 is 0. The third-order valence-corrected chi connectivity index (χ3v) is 4.65. The zero-order valence-electron chi connectivity index (χ0n) is 11.9. The summed E-state index contributed by atoms with van der Waals surface area (Å²) in [6.45, 7) is 3.51. The fourth-order valence-corrected chi connectivity index (χ4v) is 3.51. The predicted molar refractivity (Wildman–Crippen MR) is 76.3 cm³/mol. The van der Waals surface area contributed by atoms with Crippen molar-refractivity contribution in [3.8, 4) is 0 Å². The van der Waals surface area contributed by atoms with Crippen molar-refractivity contribution in [1.82, 2.24) is 10.2 Å². The fourth-order valence-electron chi connectivity index (χ4n) is 3.51. The van der Waals surface area contributed by atoms with Crippen LogP contribution in [0, 0.1) is 11.8 Å². The van der Waals surface area contributed by atoms with Gasteiger partial charge in [-0.1, -0.05) is 6.42 Å². The van der Waals surface area contributed by atoms with Gasteiger partial charge in [-0.05, 0) is 44.6 Å². The van der Waals surface area contributed by atoms with E-state index < -0.39 is 13.1 Å². The van der Waals surface area contributed by atoms with Gasteiger partial charge in [-0.3, -0.25) is 9.69 Å². The Hall–Kier alpha value is -0.625. The number of nitrogens with zero attached hydrogens (tertiary/aromatic N) is 1. The highest BCUT2D eigenvalue weighted by molar-refractivity contribution is 6.40. The summed E-state index contributed by atoms with van der Waals surface area (Å²) in [5.74, 6) is -0.877. The van der Waals surface area contributed by atoms with Gasteiger partial charge in [0.05, 0.1) is 5.92 Å². The maximum atomic E-state index is 11.4. The van der Waals surface area contributed by atoms with Gasteiger partial charge >= 0.3 is 13.1 Å². The molecule has 114 valence electrons. The standard InChI is InChI=1S/C13H25BN2O4/c17-13(18)12-9-16(11-3-6-15-7-4-11)8-10(12)2-1-5-14(19)20/h10-12,15,19-20H,1-9H2,(H,17,18)/t10?,12-/m1/s1. The number of hydrogen-bond donors (Lipinski definition) is 4. The minimum absolute atomic E-state index is 0.140. The monoisotopic (exact) mass is 284 g/mol. The van der Waals surface area contributed by atoms with E-state index in [9.17, 15) is 9.90 Å². The molecule has 2 aliphatic heterocycles. The first kappa shape index (κ1) is 15.8. The van der Waals surface area contributed by atoms with E-state index >= 15 is 0 Å². The van der Waals surface area contributed by atoms with Gasteiger partial charge in [0.15, 0.2) is 0 Å². The Balaban J connectivity index is 1.87. The average molecular weight is 284 g/mol. The molecule has 7 heteroatoms. The number of likely N-dealkylation sites (tertiary alicyclic amines) is 1. The van der Waals surface area contributed by atoms with Crippen LogP contribution >= 0.6 is 0 Å². The molecular formula is C13H25BN2O4. The normalized spacial score (nSPS) is 28.7. The first-order valence-corrected chi connectivity index (χ1v) is 7.61. The predicted octanol–water partition coefficient (Wildman–Crippen LogP) is -0.376. The number of carboxylic acid groups (broad SMARTS) is 1. The minimum atomic E-state index is -1.28. The maximum Gasteiger partial charge on any atom is 0.451 e. The summed E-state index contributed by atoms with van der Waals surface area (Å²) in [6.07, 6.45) is 3.95. The van der Waals surface area contributed by atoms with Crippen LogP contribution in [0.3, 0.4) is 0 Å². The van der Waals surface area contributed by atoms with Crippen LogP contribution in [-0.2, 0) is 4.79 Å². The van der Waals surface area contributed by atoms with Crippen LogP contribution in [0.4, 0.5) is 0 Å². The van der Waals surface area contributed by atoms with E-state index in [1.165, 1.54) is 0 Å². The lowest BCUT2D eigenvalue weighted by Gasteiger charge is -2.31. The van der Waals surface area contributed by atoms with E-state index in [0.29, 0.717) is 25.3 Å². The highest BCUT2D eigenvalue weighted by atomic mass is 16.4. The highest BCUT2D eigenvalue weighted by Crippen LogP contribution is 2.31. The zero-order valence-corrected chi connectivity index (χ0v) is 11.9. The number of nitrogens with one attached hydrogen (secondary N) is 1. The number of carbonyl (C=O) groups is 1. The second kappa shape index (κ2) is 7.40. The molecule has 20 heavy (non-hydrogen) atoms. The van der Waals surface area contributed by atoms with Gasteiger partial charge in [-0.15, -0.1) is 0 Å². The van der Waals surface area contributed by atoms with Crippen molar-refractivity contribution in [2.75, 3.05) is 26.2 Å². The Morgan fingerprint density at radius 3 is 2.55 bits per heavy atom. The molecule has 0 amide bonds. The Morgan fingerprint density at radius 2 is 1.95 bits per heavy atom. The summed E-state index contributed by atoms with van der Waals surface area (Å²) in [5, 5.41) is 30.5. The first-order chi connectivity index (χ1) is 9.58. The molecule has 0 bridgehead atoms. The first-order valence-electron chi connectivity index (χ1n) is 7.61. The number of hydrogen-bond acceptors (Lipinski definition) is 5. The molecule has 0 aliphatic carbocycles. The molecule has 0 aromatic heterocycles. The van der Waals surface area contributed by atoms with Crippen molar-refractivity contribution in [3.63, 3.8) is 0 Å². The Labute approximate surface area is 120 Å². The van der Waals surface area contributed by atoms with E-state index in [4.69, 9.17) is 10.0 Å². The lowest BCUT2D eigenvalue weighted by molar-refractivity contribution is -0.142. The van der Waals surface area contributed by atoms with E-state index in [1.807, 2.05) is 0 Å². The van der Waals surface area contributed by atoms with Crippen molar-refractivity contribution in [3.05, 3.63) is 0 Å². The number of aliphatic carboxylic acids is 1. The van der Waals surface area contributed by atoms with Crippen LogP contribution in [0.25, 0.3) is 0 Å². The molecule has 2 atom stereocenters. The van der Waals surface area contributed by atoms with Gasteiger partial charge in [-0.25, -0.2) is 0 Å². The summed E-state index contributed by atoms with van der Waals surface area (Å²) in [5.41, 5.74) is 0. The minimum Gasteiger partial charge on any atom is -0.481 e. The van der Waals surface area contributed by atoms with Crippen molar-refractivity contribution in [1.29, 1.82) is 0 Å². The average Bonchev–Trinajstić information content (AvgIpc) is 2.84. The molecule has 0 aromatic rings. The summed E-state index contributed by atoms with van der Waals surface area (Å²) in [6, 6.07) is 0.506. The molecule has 0 saturated carbocycles. The summed E-state index contributed by atoms with van der Waals surface area (Å²) >= 11 is 0. The van der Waals surface area contributed by atoms with E-state index in [0.717, 1.165) is 38.9 Å². The van der Waals surface area contributed by atoms with E-state index in [1.54, 1.807) is 0 Å². The lowest BCUT2D eigenvalue weighted by Crippen LogP contribution is -2.42. The van der Waals surface area contributed by atoms with Crippen LogP contribution < -0.4 is 5.32 Å². The molecule has 0 aromatic carbocycles. The summed E-state index contributed by atoms with van der Waals surface area (Å²) in [7, 11) is -1.28. The molecule has 2 heterocycles. The van der Waals surface area contributed by atoms with Crippen molar-refractivity contribution in [2.45, 2.75) is 38.0 Å². The Bertz CT molecular complexity index is 323. The van der Waals surface area contributed by atoms with Gasteiger partial charge < -0.3 is 20.5 Å². The molecule has 2 fully saturated rings. The topological polar surface area (TPSA) is 93.0 Å². The number of piperidine rings is 1. The number of carboxylic acids is 1. The second-order valence-corrected chi connectivity index (χ2v) is 6.05. The highest BCUT2D eigenvalue weighted by Gasteiger charge is 2.39. The molecule has 0 spiro atoms. The van der Waals surface area contributed by atoms with Crippen LogP contribution in [0.1, 0.15) is 25.7 Å². The quantitative estimate of drug-likeness (QED) is 0.497. The fraction of sp³-hybridized carbons (Fsp3) is 0.923. The molecule has 2 aliphatic rings. The van der Waals surface area contributed by atoms with Crippen LogP contribution in [0.5, 0.6) is 0 Å². The Morgan fingerprint density at radius 1 is 1.25 bits per heavy atom. The second-order valence-electron chi connectivity index (χ2n) is 6.05. The van der Waals surface area contributed by atoms with Crippen LogP contribution in [0.2, 0.25) is 6.32 Å². The molecule has 6 nitrogen and oxygen atoms in total. The largest absolute Gasteiger partial charge is 0.481 e. The van der Waals surface area contributed by atoms with Crippen LogP contribution in [0.15, 0.2) is 0 Å². The third-order valence-electron chi connectivity index (χ3n) is 4.65. The smallest absolute Gasteiger partial charge is 0.451 e. The maximum absolute atomic E-state index is 11.4. The van der Waals surface area contributed by atoms with Crippen molar-refractivity contribution < 1.29 is 19.9 Å². The Kier molecular flexibility index (Phi) is 5.83.